The zero-order valence-electron chi connectivity index (χ0n) is 16.3. The first-order chi connectivity index (χ1) is 14.3. The van der Waals surface area contributed by atoms with E-state index in [4.69, 9.17) is 44.0 Å². The van der Waals surface area contributed by atoms with Crippen LogP contribution in [0.25, 0.3) is 11.3 Å². The Labute approximate surface area is 189 Å². The summed E-state index contributed by atoms with van der Waals surface area (Å²) in [7, 11) is 0. The Morgan fingerprint density at radius 3 is 2.47 bits per heavy atom. The van der Waals surface area contributed by atoms with E-state index in [1.807, 2.05) is 24.3 Å². The highest BCUT2D eigenvalue weighted by atomic mass is 35.5. The highest BCUT2D eigenvalue weighted by molar-refractivity contribution is 6.44. The van der Waals surface area contributed by atoms with Crippen LogP contribution in [0.15, 0.2) is 58.0 Å². The van der Waals surface area contributed by atoms with Gasteiger partial charge in [0.1, 0.15) is 17.3 Å². The number of hydrogen-bond acceptors (Lipinski definition) is 4. The molecule has 1 N–H and O–H groups in total. The van der Waals surface area contributed by atoms with Crippen LogP contribution in [0.1, 0.15) is 31.1 Å². The topological polar surface area (TPSA) is 63.8 Å². The predicted molar refractivity (Wildman–Crippen MR) is 121 cm³/mol. The van der Waals surface area contributed by atoms with Crippen molar-refractivity contribution in [2.45, 2.75) is 19.8 Å². The average Bonchev–Trinajstić information content (AvgIpc) is 3.18. The molecule has 0 atom stereocenters. The number of rotatable bonds is 7. The molecular formula is C22H19Cl3N2O3. The summed E-state index contributed by atoms with van der Waals surface area (Å²) in [6.07, 6.45) is 1.38. The second-order valence-corrected chi connectivity index (χ2v) is 7.98. The van der Waals surface area contributed by atoms with Crippen molar-refractivity contribution in [3.8, 4) is 17.1 Å². The quantitative estimate of drug-likeness (QED) is 0.244. The molecule has 0 unspecified atom stereocenters. The lowest BCUT2D eigenvalue weighted by atomic mass is 10.0. The number of carbonyl (C=O) groups is 1. The third-order valence-electron chi connectivity index (χ3n) is 4.20. The van der Waals surface area contributed by atoms with Gasteiger partial charge in [-0.1, -0.05) is 60.8 Å². The molecule has 0 radical (unpaired) electrons. The van der Waals surface area contributed by atoms with Crippen molar-refractivity contribution in [1.29, 1.82) is 0 Å². The van der Waals surface area contributed by atoms with E-state index in [1.54, 1.807) is 24.3 Å². The van der Waals surface area contributed by atoms with Crippen LogP contribution in [0.5, 0.6) is 5.75 Å². The van der Waals surface area contributed by atoms with Crippen LogP contribution in [0, 0.1) is 0 Å². The third-order valence-corrected chi connectivity index (χ3v) is 5.23. The molecule has 0 spiro atoms. The Morgan fingerprint density at radius 1 is 1.07 bits per heavy atom. The Hall–Kier alpha value is -2.47. The van der Waals surface area contributed by atoms with Gasteiger partial charge in [0.25, 0.3) is 5.91 Å². The van der Waals surface area contributed by atoms with Gasteiger partial charge in [-0.3, -0.25) is 4.79 Å². The molecule has 0 fully saturated rings. The van der Waals surface area contributed by atoms with Crippen LogP contribution in [-0.2, 0) is 4.79 Å². The largest absolute Gasteiger partial charge is 0.484 e. The van der Waals surface area contributed by atoms with Gasteiger partial charge in [0.05, 0.1) is 21.3 Å². The Kier molecular flexibility index (Phi) is 7.43. The molecule has 1 amide bonds. The van der Waals surface area contributed by atoms with E-state index in [2.05, 4.69) is 24.4 Å². The van der Waals surface area contributed by atoms with E-state index in [1.165, 1.54) is 11.8 Å². The van der Waals surface area contributed by atoms with Gasteiger partial charge in [0.15, 0.2) is 6.61 Å². The average molecular weight is 466 g/mol. The lowest BCUT2D eigenvalue weighted by molar-refractivity contribution is -0.123. The van der Waals surface area contributed by atoms with E-state index >= 15 is 0 Å². The number of nitrogens with one attached hydrogen (secondary N) is 1. The normalized spacial score (nSPS) is 11.3. The Morgan fingerprint density at radius 2 is 1.77 bits per heavy atom. The summed E-state index contributed by atoms with van der Waals surface area (Å²) in [6.45, 7) is 4.08. The number of amides is 1. The number of furan rings is 1. The van der Waals surface area contributed by atoms with Gasteiger partial charge in [0, 0.05) is 5.56 Å². The molecule has 3 aromatic rings. The Balaban J connectivity index is 1.53. The molecule has 0 aliphatic heterocycles. The van der Waals surface area contributed by atoms with Crippen molar-refractivity contribution in [1.82, 2.24) is 5.43 Å². The number of benzene rings is 2. The van der Waals surface area contributed by atoms with Gasteiger partial charge < -0.3 is 9.15 Å². The Bertz CT molecular complexity index is 1060. The molecule has 5 nitrogen and oxygen atoms in total. The number of nitrogens with zero attached hydrogens (tertiary/aromatic N) is 1. The maximum absolute atomic E-state index is 11.9. The molecule has 1 heterocycles. The van der Waals surface area contributed by atoms with Crippen molar-refractivity contribution >= 4 is 46.9 Å². The highest BCUT2D eigenvalue weighted by Gasteiger charge is 2.11. The van der Waals surface area contributed by atoms with Gasteiger partial charge in [-0.25, -0.2) is 5.43 Å². The summed E-state index contributed by atoms with van der Waals surface area (Å²) in [5, 5.41) is 5.01. The zero-order chi connectivity index (χ0) is 21.7. The van der Waals surface area contributed by atoms with Crippen LogP contribution in [0.4, 0.5) is 0 Å². The first-order valence-corrected chi connectivity index (χ1v) is 10.3. The number of halogens is 3. The van der Waals surface area contributed by atoms with Crippen LogP contribution in [0.3, 0.4) is 0 Å². The second kappa shape index (κ2) is 10.0. The molecule has 0 bridgehead atoms. The zero-order valence-corrected chi connectivity index (χ0v) is 18.6. The van der Waals surface area contributed by atoms with E-state index in [0.717, 1.165) is 0 Å². The molecule has 0 aliphatic rings. The van der Waals surface area contributed by atoms with Crippen LogP contribution in [0.2, 0.25) is 15.1 Å². The first-order valence-electron chi connectivity index (χ1n) is 9.13. The molecule has 0 saturated carbocycles. The molecule has 2 aromatic carbocycles. The van der Waals surface area contributed by atoms with Crippen molar-refractivity contribution in [2.24, 2.45) is 5.10 Å². The lowest BCUT2D eigenvalue weighted by Gasteiger charge is -2.08. The van der Waals surface area contributed by atoms with Crippen LogP contribution in [-0.4, -0.2) is 18.7 Å². The molecule has 30 heavy (non-hydrogen) atoms. The minimum atomic E-state index is -0.390. The molecule has 8 heteroatoms. The standard InChI is InChI=1S/C22H19Cl3N2O3/c1-13(2)14-3-5-15(6-4-14)29-12-22(28)27-26-11-16-7-8-21(30-16)17-9-19(24)20(25)10-18(17)23/h3-11,13H,12H2,1-2H3,(H,27,28)/b26-11+. The van der Waals surface area contributed by atoms with Gasteiger partial charge >= 0.3 is 0 Å². The number of ether oxygens (including phenoxy) is 1. The van der Waals surface area contributed by atoms with Crippen molar-refractivity contribution in [3.63, 3.8) is 0 Å². The fourth-order valence-corrected chi connectivity index (χ4v) is 3.22. The second-order valence-electron chi connectivity index (χ2n) is 6.75. The maximum atomic E-state index is 11.9. The molecular weight excluding hydrogens is 447 g/mol. The van der Waals surface area contributed by atoms with Gasteiger partial charge in [0.2, 0.25) is 0 Å². The molecule has 3 rings (SSSR count). The summed E-state index contributed by atoms with van der Waals surface area (Å²) < 4.78 is 11.1. The summed E-state index contributed by atoms with van der Waals surface area (Å²) in [4.78, 5) is 11.9. The van der Waals surface area contributed by atoms with Crippen molar-refractivity contribution in [3.05, 3.63) is 74.9 Å². The van der Waals surface area contributed by atoms with Crippen molar-refractivity contribution < 1.29 is 13.9 Å². The smallest absolute Gasteiger partial charge is 0.277 e. The van der Waals surface area contributed by atoms with Crippen LogP contribution >= 0.6 is 34.8 Å². The summed E-state index contributed by atoms with van der Waals surface area (Å²) in [5.41, 5.74) is 4.20. The maximum Gasteiger partial charge on any atom is 0.277 e. The number of hydrogen-bond donors (Lipinski definition) is 1. The minimum Gasteiger partial charge on any atom is -0.484 e. The molecule has 1 aromatic heterocycles. The van der Waals surface area contributed by atoms with Gasteiger partial charge in [-0.15, -0.1) is 0 Å². The minimum absolute atomic E-state index is 0.152. The fourth-order valence-electron chi connectivity index (χ4n) is 2.58. The molecule has 156 valence electrons. The highest BCUT2D eigenvalue weighted by Crippen LogP contribution is 2.35. The van der Waals surface area contributed by atoms with E-state index in [9.17, 15) is 4.79 Å². The first kappa shape index (κ1) is 22.2. The molecule has 0 saturated heterocycles. The van der Waals surface area contributed by atoms with E-state index in [0.29, 0.717) is 43.8 Å². The van der Waals surface area contributed by atoms with E-state index in [-0.39, 0.29) is 6.61 Å². The van der Waals surface area contributed by atoms with Gasteiger partial charge in [-0.2, -0.15) is 5.10 Å². The summed E-state index contributed by atoms with van der Waals surface area (Å²) >= 11 is 18.2. The molecule has 0 aliphatic carbocycles. The van der Waals surface area contributed by atoms with E-state index < -0.39 is 5.91 Å². The SMILES string of the molecule is CC(C)c1ccc(OCC(=O)N/N=C/c2ccc(-c3cc(Cl)c(Cl)cc3Cl)o2)cc1. The predicted octanol–water partition coefficient (Wildman–Crippen LogP) is 6.56. The lowest BCUT2D eigenvalue weighted by Crippen LogP contribution is -2.24. The number of carbonyl (C=O) groups excluding carboxylic acids is 1. The van der Waals surface area contributed by atoms with Crippen LogP contribution < -0.4 is 10.2 Å². The third kappa shape index (κ3) is 5.79. The van der Waals surface area contributed by atoms with Gasteiger partial charge in [-0.05, 0) is 47.9 Å². The fraction of sp³-hybridized carbons (Fsp3) is 0.182. The summed E-state index contributed by atoms with van der Waals surface area (Å²) in [5.74, 6) is 1.59. The number of hydrazone groups is 1. The monoisotopic (exact) mass is 464 g/mol. The van der Waals surface area contributed by atoms with Crippen molar-refractivity contribution in [2.75, 3.05) is 6.61 Å². The summed E-state index contributed by atoms with van der Waals surface area (Å²) in [6, 6.07) is 14.2.